The zero-order valence-corrected chi connectivity index (χ0v) is 15.4. The summed E-state index contributed by atoms with van der Waals surface area (Å²) in [6, 6.07) is 1.28. The molecule has 0 spiro atoms. The van der Waals surface area contributed by atoms with Crippen LogP contribution in [-0.4, -0.2) is 39.2 Å². The van der Waals surface area contributed by atoms with Crippen molar-refractivity contribution < 1.29 is 18.3 Å². The molecule has 0 aliphatic carbocycles. The van der Waals surface area contributed by atoms with E-state index >= 15 is 0 Å². The number of hydrogen-bond acceptors (Lipinski definition) is 3. The topological polar surface area (TPSA) is 67.3 Å². The summed E-state index contributed by atoms with van der Waals surface area (Å²) in [5.41, 5.74) is -0.663. The lowest BCUT2D eigenvalue weighted by molar-refractivity contribution is 0.0189. The molecule has 0 radical (unpaired) electrons. The van der Waals surface area contributed by atoms with Gasteiger partial charge in [-0.25, -0.2) is 18.4 Å². The zero-order chi connectivity index (χ0) is 19.2. The van der Waals surface area contributed by atoms with E-state index in [1.54, 1.807) is 25.7 Å². The average molecular weight is 367 g/mol. The standard InChI is InChI=1S/C18H23F2N3O3/c1-10-9-12-15(14(20)13(10)19)21-16(24)23(12)11-5-7-22(8-6-11)17(25)26-18(2,3)4/h9,11H,5-8H2,1-4H3,(H,21,24). The summed E-state index contributed by atoms with van der Waals surface area (Å²) in [4.78, 5) is 28.5. The number of halogens is 2. The third kappa shape index (κ3) is 3.32. The number of ether oxygens (including phenoxy) is 1. The Hall–Kier alpha value is -2.38. The van der Waals surface area contributed by atoms with Crippen molar-refractivity contribution in [2.75, 3.05) is 13.1 Å². The number of benzene rings is 1. The smallest absolute Gasteiger partial charge is 0.410 e. The van der Waals surface area contributed by atoms with Crippen molar-refractivity contribution >= 4 is 17.1 Å². The molecule has 3 rings (SSSR count). The van der Waals surface area contributed by atoms with Gasteiger partial charge in [0.25, 0.3) is 0 Å². The Labute approximate surface area is 149 Å². The first kappa shape index (κ1) is 18.4. The minimum atomic E-state index is -1.04. The molecule has 1 aromatic heterocycles. The lowest BCUT2D eigenvalue weighted by Crippen LogP contribution is -2.43. The normalized spacial score (nSPS) is 16.3. The molecule has 0 atom stereocenters. The van der Waals surface area contributed by atoms with Crippen molar-refractivity contribution in [3.8, 4) is 0 Å². The van der Waals surface area contributed by atoms with Crippen molar-refractivity contribution in [3.05, 3.63) is 33.7 Å². The first-order chi connectivity index (χ1) is 12.1. The molecule has 0 saturated carbocycles. The zero-order valence-electron chi connectivity index (χ0n) is 15.4. The second kappa shape index (κ2) is 6.41. The fourth-order valence-corrected chi connectivity index (χ4v) is 3.32. The van der Waals surface area contributed by atoms with Crippen LogP contribution in [0, 0.1) is 18.6 Å². The van der Waals surface area contributed by atoms with Gasteiger partial charge in [0.1, 0.15) is 11.1 Å². The highest BCUT2D eigenvalue weighted by atomic mass is 19.2. The van der Waals surface area contributed by atoms with Gasteiger partial charge in [0, 0.05) is 19.1 Å². The van der Waals surface area contributed by atoms with E-state index in [4.69, 9.17) is 4.74 Å². The lowest BCUT2D eigenvalue weighted by Gasteiger charge is -2.33. The van der Waals surface area contributed by atoms with Gasteiger partial charge in [-0.2, -0.15) is 0 Å². The average Bonchev–Trinajstić information content (AvgIpc) is 2.87. The Morgan fingerprint density at radius 1 is 1.23 bits per heavy atom. The fourth-order valence-electron chi connectivity index (χ4n) is 3.32. The summed E-state index contributed by atoms with van der Waals surface area (Å²) in [5.74, 6) is -1.99. The van der Waals surface area contributed by atoms with Crippen molar-refractivity contribution in [2.45, 2.75) is 52.2 Å². The Morgan fingerprint density at radius 3 is 2.42 bits per heavy atom. The van der Waals surface area contributed by atoms with Crippen LogP contribution in [-0.2, 0) is 4.74 Å². The van der Waals surface area contributed by atoms with E-state index in [1.807, 2.05) is 0 Å². The van der Waals surface area contributed by atoms with Gasteiger partial charge in [-0.15, -0.1) is 0 Å². The molecule has 6 nitrogen and oxygen atoms in total. The monoisotopic (exact) mass is 367 g/mol. The molecule has 1 aliphatic rings. The summed E-state index contributed by atoms with van der Waals surface area (Å²) in [6.45, 7) is 7.74. The number of nitrogens with zero attached hydrogens (tertiary/aromatic N) is 2. The van der Waals surface area contributed by atoms with Crippen LogP contribution < -0.4 is 5.69 Å². The van der Waals surface area contributed by atoms with E-state index in [2.05, 4.69) is 4.98 Å². The Morgan fingerprint density at radius 2 is 1.85 bits per heavy atom. The molecule has 1 N–H and O–H groups in total. The van der Waals surface area contributed by atoms with Crippen LogP contribution in [0.2, 0.25) is 0 Å². The van der Waals surface area contributed by atoms with Crippen molar-refractivity contribution in [3.63, 3.8) is 0 Å². The first-order valence-corrected chi connectivity index (χ1v) is 8.65. The number of carbonyl (C=O) groups excluding carboxylic acids is 1. The van der Waals surface area contributed by atoms with E-state index in [-0.39, 0.29) is 23.2 Å². The van der Waals surface area contributed by atoms with Gasteiger partial charge in [0.05, 0.1) is 5.52 Å². The van der Waals surface area contributed by atoms with E-state index in [0.29, 0.717) is 31.4 Å². The fraction of sp³-hybridized carbons (Fsp3) is 0.556. The number of nitrogens with one attached hydrogen (secondary N) is 1. The number of imidazole rings is 1. The lowest BCUT2D eigenvalue weighted by atomic mass is 10.0. The van der Waals surface area contributed by atoms with Crippen LogP contribution >= 0.6 is 0 Å². The number of rotatable bonds is 1. The predicted molar refractivity (Wildman–Crippen MR) is 93.3 cm³/mol. The van der Waals surface area contributed by atoms with Crippen LogP contribution in [0.4, 0.5) is 13.6 Å². The number of H-pyrrole nitrogens is 1. The second-order valence-electron chi connectivity index (χ2n) is 7.71. The molecule has 1 fully saturated rings. The Bertz CT molecular complexity index is 903. The number of aromatic amines is 1. The Balaban J connectivity index is 1.83. The summed E-state index contributed by atoms with van der Waals surface area (Å²) in [6.07, 6.45) is 0.681. The van der Waals surface area contributed by atoms with Crippen molar-refractivity contribution in [1.29, 1.82) is 0 Å². The number of hydrogen-bond donors (Lipinski definition) is 1. The second-order valence-corrected chi connectivity index (χ2v) is 7.71. The molecular formula is C18H23F2N3O3. The van der Waals surface area contributed by atoms with Gasteiger partial charge in [-0.05, 0) is 52.2 Å². The third-order valence-corrected chi connectivity index (χ3v) is 4.56. The van der Waals surface area contributed by atoms with Crippen LogP contribution in [0.5, 0.6) is 0 Å². The highest BCUT2D eigenvalue weighted by Crippen LogP contribution is 2.28. The van der Waals surface area contributed by atoms with E-state index in [0.717, 1.165) is 0 Å². The number of carbonyl (C=O) groups is 1. The number of piperidine rings is 1. The molecule has 2 heterocycles. The number of fused-ring (bicyclic) bond motifs is 1. The molecule has 1 aromatic carbocycles. The van der Waals surface area contributed by atoms with Crippen molar-refractivity contribution in [2.24, 2.45) is 0 Å². The molecule has 8 heteroatoms. The maximum Gasteiger partial charge on any atom is 0.410 e. The van der Waals surface area contributed by atoms with Gasteiger partial charge in [-0.3, -0.25) is 4.57 Å². The summed E-state index contributed by atoms with van der Waals surface area (Å²) < 4.78 is 34.7. The highest BCUT2D eigenvalue weighted by molar-refractivity contribution is 5.77. The largest absolute Gasteiger partial charge is 0.444 e. The molecule has 1 amide bonds. The molecule has 2 aromatic rings. The van der Waals surface area contributed by atoms with E-state index in [1.165, 1.54) is 17.6 Å². The van der Waals surface area contributed by atoms with Gasteiger partial charge in [0.2, 0.25) is 0 Å². The summed E-state index contributed by atoms with van der Waals surface area (Å²) in [7, 11) is 0. The van der Waals surface area contributed by atoms with E-state index in [9.17, 15) is 18.4 Å². The molecular weight excluding hydrogens is 344 g/mol. The minimum absolute atomic E-state index is 0.118. The molecule has 0 bridgehead atoms. The number of aryl methyl sites for hydroxylation is 1. The van der Waals surface area contributed by atoms with Crippen LogP contribution in [0.25, 0.3) is 11.0 Å². The van der Waals surface area contributed by atoms with Crippen LogP contribution in [0.15, 0.2) is 10.9 Å². The number of aromatic nitrogens is 2. The van der Waals surface area contributed by atoms with Crippen molar-refractivity contribution in [1.82, 2.24) is 14.5 Å². The quantitative estimate of drug-likeness (QED) is 0.839. The number of likely N-dealkylation sites (tertiary alicyclic amines) is 1. The molecule has 1 saturated heterocycles. The number of amides is 1. The molecule has 1 aliphatic heterocycles. The third-order valence-electron chi connectivity index (χ3n) is 4.56. The van der Waals surface area contributed by atoms with Gasteiger partial charge >= 0.3 is 11.8 Å². The minimum Gasteiger partial charge on any atom is -0.444 e. The highest BCUT2D eigenvalue weighted by Gasteiger charge is 2.29. The molecule has 142 valence electrons. The molecule has 0 unspecified atom stereocenters. The maximum atomic E-state index is 14.1. The summed E-state index contributed by atoms with van der Waals surface area (Å²) >= 11 is 0. The SMILES string of the molecule is Cc1cc2c([nH]c(=O)n2C2CCN(C(=O)OC(C)(C)C)CC2)c(F)c1F. The first-order valence-electron chi connectivity index (χ1n) is 8.65. The van der Waals surface area contributed by atoms with Gasteiger partial charge < -0.3 is 14.6 Å². The van der Waals surface area contributed by atoms with Crippen LogP contribution in [0.3, 0.4) is 0 Å². The predicted octanol–water partition coefficient (Wildman–Crippen LogP) is 3.49. The Kier molecular flexibility index (Phi) is 4.54. The maximum absolute atomic E-state index is 14.1. The summed E-state index contributed by atoms with van der Waals surface area (Å²) in [5, 5.41) is 0. The molecule has 26 heavy (non-hydrogen) atoms. The van der Waals surface area contributed by atoms with Gasteiger partial charge in [0.15, 0.2) is 11.6 Å². The van der Waals surface area contributed by atoms with Crippen LogP contribution in [0.1, 0.15) is 45.2 Å². The van der Waals surface area contributed by atoms with Gasteiger partial charge in [-0.1, -0.05) is 0 Å². The van der Waals surface area contributed by atoms with E-state index < -0.39 is 22.9 Å².